The Hall–Kier alpha value is -4.24. The number of carbonyl (C=O) groups is 3. The van der Waals surface area contributed by atoms with Crippen LogP contribution >= 0.6 is 11.6 Å². The number of carbonyl (C=O) groups excluding carboxylic acids is 3. The van der Waals surface area contributed by atoms with Crippen LogP contribution < -0.4 is 9.64 Å². The van der Waals surface area contributed by atoms with Crippen LogP contribution in [-0.2, 0) is 4.79 Å². The van der Waals surface area contributed by atoms with E-state index in [1.54, 1.807) is 42.5 Å². The fourth-order valence-corrected chi connectivity index (χ4v) is 4.88. The number of β-lactam (4-membered cyclic amide) rings is 1. The first-order valence-electron chi connectivity index (χ1n) is 11.2. The maximum Gasteiger partial charge on any atom is 0.270 e. The van der Waals surface area contributed by atoms with Crippen LogP contribution in [0.3, 0.4) is 0 Å². The maximum atomic E-state index is 13.6. The minimum atomic E-state index is -1.13. The van der Waals surface area contributed by atoms with Crippen LogP contribution in [0.5, 0.6) is 5.75 Å². The monoisotopic (exact) mass is 505 g/mol. The summed E-state index contributed by atoms with van der Waals surface area (Å²) in [5.74, 6) is -1.22. The summed E-state index contributed by atoms with van der Waals surface area (Å²) < 4.78 is 5.52. The van der Waals surface area contributed by atoms with Gasteiger partial charge in [0.1, 0.15) is 11.8 Å². The Morgan fingerprint density at radius 2 is 1.61 bits per heavy atom. The Labute approximate surface area is 211 Å². The summed E-state index contributed by atoms with van der Waals surface area (Å²) in [6.45, 7) is 4.19. The lowest BCUT2D eigenvalue weighted by Crippen LogP contribution is -2.67. The van der Waals surface area contributed by atoms with E-state index >= 15 is 0 Å². The largest absolute Gasteiger partial charge is 0.494 e. The van der Waals surface area contributed by atoms with Crippen LogP contribution in [0.1, 0.15) is 44.8 Å². The van der Waals surface area contributed by atoms with Crippen LogP contribution in [0.2, 0.25) is 5.02 Å². The van der Waals surface area contributed by atoms with Crippen molar-refractivity contribution >= 4 is 40.7 Å². The van der Waals surface area contributed by atoms with E-state index in [1.807, 2.05) is 13.8 Å². The number of aryl methyl sites for hydroxylation is 1. The molecule has 0 aromatic heterocycles. The van der Waals surface area contributed by atoms with E-state index in [1.165, 1.54) is 17.0 Å². The van der Waals surface area contributed by atoms with Crippen LogP contribution in [0.15, 0.2) is 60.7 Å². The number of nitrogens with zero attached hydrogens (tertiary/aromatic N) is 3. The van der Waals surface area contributed by atoms with E-state index < -0.39 is 34.7 Å². The van der Waals surface area contributed by atoms with E-state index in [4.69, 9.17) is 16.3 Å². The summed E-state index contributed by atoms with van der Waals surface area (Å²) in [4.78, 5) is 53.2. The van der Waals surface area contributed by atoms with Gasteiger partial charge < -0.3 is 9.64 Å². The molecule has 3 amide bonds. The number of hydrogen-bond donors (Lipinski definition) is 0. The lowest BCUT2D eigenvalue weighted by atomic mass is 9.85. The zero-order valence-corrected chi connectivity index (χ0v) is 20.1. The molecule has 10 heteroatoms. The Balaban J connectivity index is 1.58. The van der Waals surface area contributed by atoms with Crippen LogP contribution in [0, 0.1) is 17.0 Å². The molecular formula is C26H20ClN3O6. The number of anilines is 1. The van der Waals surface area contributed by atoms with Gasteiger partial charge >= 0.3 is 0 Å². The summed E-state index contributed by atoms with van der Waals surface area (Å²) in [5.41, 5.74) is 1.67. The fraction of sp³-hybridized carbons (Fsp3) is 0.192. The molecule has 0 bridgehead atoms. The van der Waals surface area contributed by atoms with Crippen molar-refractivity contribution in [1.29, 1.82) is 0 Å². The lowest BCUT2D eigenvalue weighted by Gasteiger charge is -2.50. The lowest BCUT2D eigenvalue weighted by molar-refractivity contribution is -0.384. The molecule has 5 rings (SSSR count). The van der Waals surface area contributed by atoms with Gasteiger partial charge in [0.2, 0.25) is 0 Å². The van der Waals surface area contributed by atoms with E-state index in [0.29, 0.717) is 28.6 Å². The number of amides is 3. The van der Waals surface area contributed by atoms with Gasteiger partial charge in [-0.25, -0.2) is 0 Å². The van der Waals surface area contributed by atoms with Gasteiger partial charge in [-0.2, -0.15) is 0 Å². The average Bonchev–Trinajstić information content (AvgIpc) is 3.10. The first-order chi connectivity index (χ1) is 17.2. The number of benzene rings is 3. The second kappa shape index (κ2) is 8.76. The number of hydrogen-bond acceptors (Lipinski definition) is 6. The van der Waals surface area contributed by atoms with Gasteiger partial charge in [-0.05, 0) is 55.3 Å². The maximum absolute atomic E-state index is 13.6. The Kier molecular flexibility index (Phi) is 5.72. The number of imide groups is 1. The number of non-ortho nitro benzene ring substituents is 1. The summed E-state index contributed by atoms with van der Waals surface area (Å²) in [7, 11) is 0. The van der Waals surface area contributed by atoms with Crippen molar-refractivity contribution in [3.05, 3.63) is 98.1 Å². The minimum Gasteiger partial charge on any atom is -0.494 e. The van der Waals surface area contributed by atoms with Gasteiger partial charge in [0.25, 0.3) is 23.4 Å². The number of nitro groups is 1. The third-order valence-electron chi connectivity index (χ3n) is 6.42. The molecule has 2 aliphatic rings. The van der Waals surface area contributed by atoms with Crippen molar-refractivity contribution < 1.29 is 24.0 Å². The molecule has 36 heavy (non-hydrogen) atoms. The molecule has 3 aromatic rings. The predicted octanol–water partition coefficient (Wildman–Crippen LogP) is 4.71. The Morgan fingerprint density at radius 1 is 0.917 bits per heavy atom. The van der Waals surface area contributed by atoms with Crippen LogP contribution in [0.25, 0.3) is 0 Å². The molecule has 9 nitrogen and oxygen atoms in total. The highest BCUT2D eigenvalue weighted by Crippen LogP contribution is 2.46. The Bertz CT molecular complexity index is 1440. The summed E-state index contributed by atoms with van der Waals surface area (Å²) in [5, 5.41) is 11.6. The molecule has 1 fully saturated rings. The van der Waals surface area contributed by atoms with E-state index in [2.05, 4.69) is 0 Å². The van der Waals surface area contributed by atoms with Crippen molar-refractivity contribution in [3.63, 3.8) is 0 Å². The van der Waals surface area contributed by atoms with Gasteiger partial charge in [-0.3, -0.25) is 29.4 Å². The molecule has 2 unspecified atom stereocenters. The number of halogens is 1. The normalized spacial score (nSPS) is 18.8. The molecule has 2 aliphatic heterocycles. The van der Waals surface area contributed by atoms with Crippen molar-refractivity contribution in [3.8, 4) is 5.75 Å². The van der Waals surface area contributed by atoms with Gasteiger partial charge in [0.15, 0.2) is 0 Å². The van der Waals surface area contributed by atoms with Gasteiger partial charge in [-0.15, -0.1) is 0 Å². The summed E-state index contributed by atoms with van der Waals surface area (Å²) in [6.07, 6.45) is 0. The number of rotatable bonds is 6. The van der Waals surface area contributed by atoms with E-state index in [0.717, 1.165) is 16.5 Å². The number of fused-ring (bicyclic) bond motifs is 1. The first-order valence-corrected chi connectivity index (χ1v) is 11.6. The zero-order valence-electron chi connectivity index (χ0n) is 19.3. The van der Waals surface area contributed by atoms with Crippen molar-refractivity contribution in [2.24, 2.45) is 0 Å². The SMILES string of the molecule is CCOc1ccc(C2C(N3C(=O)c4ccc([N+](=O)[O-])cc4C3=O)C(=O)N2c2cc(Cl)ccc2C)cc1. The van der Waals surface area contributed by atoms with Crippen molar-refractivity contribution in [2.75, 3.05) is 11.5 Å². The second-order valence-corrected chi connectivity index (χ2v) is 8.93. The summed E-state index contributed by atoms with van der Waals surface area (Å²) >= 11 is 6.22. The Morgan fingerprint density at radius 3 is 2.28 bits per heavy atom. The third kappa shape index (κ3) is 3.59. The molecule has 0 spiro atoms. The molecule has 0 aliphatic carbocycles. The quantitative estimate of drug-likeness (QED) is 0.208. The van der Waals surface area contributed by atoms with E-state index in [-0.39, 0.29) is 16.8 Å². The standard InChI is InChI=1S/C26H20ClN3O6/c1-3-36-18-9-5-15(6-10-18)22-23(26(33)28(22)21-12-16(27)7-4-14(21)2)29-24(31)19-11-8-17(30(34)35)13-20(19)25(29)32/h4-13,22-23H,3H2,1-2H3. The average molecular weight is 506 g/mol. The molecule has 0 N–H and O–H groups in total. The van der Waals surface area contributed by atoms with E-state index in [9.17, 15) is 24.5 Å². The number of nitro benzene ring substituents is 1. The molecule has 0 saturated carbocycles. The smallest absolute Gasteiger partial charge is 0.270 e. The first kappa shape index (κ1) is 23.5. The molecule has 0 radical (unpaired) electrons. The topological polar surface area (TPSA) is 110 Å². The van der Waals surface area contributed by atoms with Gasteiger partial charge in [-0.1, -0.05) is 29.8 Å². The molecular weight excluding hydrogens is 486 g/mol. The fourth-order valence-electron chi connectivity index (χ4n) is 4.71. The highest BCUT2D eigenvalue weighted by atomic mass is 35.5. The molecule has 2 heterocycles. The zero-order chi connectivity index (χ0) is 25.7. The van der Waals surface area contributed by atoms with Crippen molar-refractivity contribution in [1.82, 2.24) is 4.90 Å². The predicted molar refractivity (Wildman–Crippen MR) is 131 cm³/mol. The van der Waals surface area contributed by atoms with Gasteiger partial charge in [0, 0.05) is 22.8 Å². The molecule has 3 aromatic carbocycles. The van der Waals surface area contributed by atoms with Crippen molar-refractivity contribution in [2.45, 2.75) is 25.9 Å². The highest BCUT2D eigenvalue weighted by Gasteiger charge is 2.57. The molecule has 1 saturated heterocycles. The summed E-state index contributed by atoms with van der Waals surface area (Å²) in [6, 6.07) is 13.9. The highest BCUT2D eigenvalue weighted by molar-refractivity contribution is 6.31. The third-order valence-corrected chi connectivity index (χ3v) is 6.66. The molecule has 182 valence electrons. The van der Waals surface area contributed by atoms with Crippen LogP contribution in [-0.4, -0.2) is 40.2 Å². The molecule has 2 atom stereocenters. The van der Waals surface area contributed by atoms with Gasteiger partial charge in [0.05, 0.1) is 28.7 Å². The number of ether oxygens (including phenoxy) is 1. The minimum absolute atomic E-state index is 0.0289. The van der Waals surface area contributed by atoms with Crippen LogP contribution in [0.4, 0.5) is 11.4 Å². The second-order valence-electron chi connectivity index (χ2n) is 8.50.